The molecule has 1 heterocycles. The van der Waals surface area contributed by atoms with Crippen LogP contribution in [0.4, 0.5) is 5.69 Å². The molecule has 94 valence electrons. The van der Waals surface area contributed by atoms with Crippen LogP contribution in [0, 0.1) is 0 Å². The highest BCUT2D eigenvalue weighted by molar-refractivity contribution is 6.32. The third-order valence-corrected chi connectivity index (χ3v) is 3.47. The van der Waals surface area contributed by atoms with E-state index in [9.17, 15) is 4.79 Å². The zero-order valence-electron chi connectivity index (χ0n) is 10.6. The number of hydrogen-bond donors (Lipinski definition) is 1. The van der Waals surface area contributed by atoms with E-state index in [2.05, 4.69) is 4.98 Å². The summed E-state index contributed by atoms with van der Waals surface area (Å²) < 4.78 is 0. The quantitative estimate of drug-likeness (QED) is 0.845. The SMILES string of the molecule is CCC(C)(C)N(C)C(=O)c1cc(N)cnc1Cl. The van der Waals surface area contributed by atoms with Crippen LogP contribution in [-0.2, 0) is 0 Å². The van der Waals surface area contributed by atoms with Gasteiger partial charge in [0.25, 0.3) is 5.91 Å². The van der Waals surface area contributed by atoms with Crippen LogP contribution in [0.25, 0.3) is 0 Å². The van der Waals surface area contributed by atoms with E-state index in [4.69, 9.17) is 17.3 Å². The average molecular weight is 256 g/mol. The number of carbonyl (C=O) groups is 1. The summed E-state index contributed by atoms with van der Waals surface area (Å²) in [5, 5.41) is 0.183. The molecular formula is C12H18ClN3O. The summed E-state index contributed by atoms with van der Waals surface area (Å²) in [6, 6.07) is 1.56. The van der Waals surface area contributed by atoms with Crippen LogP contribution in [0.5, 0.6) is 0 Å². The van der Waals surface area contributed by atoms with Gasteiger partial charge in [-0.25, -0.2) is 4.98 Å². The minimum Gasteiger partial charge on any atom is -0.397 e. The highest BCUT2D eigenvalue weighted by Crippen LogP contribution is 2.23. The van der Waals surface area contributed by atoms with Gasteiger partial charge in [-0.1, -0.05) is 18.5 Å². The first-order valence-corrected chi connectivity index (χ1v) is 5.86. The topological polar surface area (TPSA) is 59.2 Å². The Hall–Kier alpha value is -1.29. The molecular weight excluding hydrogens is 238 g/mol. The molecule has 2 N–H and O–H groups in total. The van der Waals surface area contributed by atoms with Crippen molar-refractivity contribution in [3.8, 4) is 0 Å². The lowest BCUT2D eigenvalue weighted by Crippen LogP contribution is -2.44. The van der Waals surface area contributed by atoms with Crippen molar-refractivity contribution in [2.24, 2.45) is 0 Å². The van der Waals surface area contributed by atoms with Gasteiger partial charge in [0.15, 0.2) is 0 Å². The van der Waals surface area contributed by atoms with Crippen molar-refractivity contribution in [3.05, 3.63) is 23.0 Å². The summed E-state index contributed by atoms with van der Waals surface area (Å²) in [6.45, 7) is 6.03. The van der Waals surface area contributed by atoms with Crippen LogP contribution >= 0.6 is 11.6 Å². The number of halogens is 1. The van der Waals surface area contributed by atoms with Gasteiger partial charge in [-0.15, -0.1) is 0 Å². The first-order valence-electron chi connectivity index (χ1n) is 5.48. The highest BCUT2D eigenvalue weighted by atomic mass is 35.5. The fourth-order valence-corrected chi connectivity index (χ4v) is 1.49. The number of rotatable bonds is 3. The number of carbonyl (C=O) groups excluding carboxylic acids is 1. The lowest BCUT2D eigenvalue weighted by Gasteiger charge is -2.35. The predicted molar refractivity (Wildman–Crippen MR) is 70.1 cm³/mol. The van der Waals surface area contributed by atoms with E-state index in [0.29, 0.717) is 11.3 Å². The molecule has 1 amide bonds. The largest absolute Gasteiger partial charge is 0.397 e. The second-order valence-electron chi connectivity index (χ2n) is 4.64. The Morgan fingerprint density at radius 1 is 1.59 bits per heavy atom. The smallest absolute Gasteiger partial charge is 0.257 e. The van der Waals surface area contributed by atoms with Crippen LogP contribution < -0.4 is 5.73 Å². The molecule has 0 spiro atoms. The van der Waals surface area contributed by atoms with Crippen molar-refractivity contribution in [1.82, 2.24) is 9.88 Å². The lowest BCUT2D eigenvalue weighted by molar-refractivity contribution is 0.0620. The second kappa shape index (κ2) is 4.92. The molecule has 0 aliphatic heterocycles. The maximum atomic E-state index is 12.3. The van der Waals surface area contributed by atoms with Crippen LogP contribution in [0.1, 0.15) is 37.6 Å². The van der Waals surface area contributed by atoms with Crippen molar-refractivity contribution in [2.75, 3.05) is 12.8 Å². The molecule has 1 aromatic heterocycles. The zero-order valence-corrected chi connectivity index (χ0v) is 11.4. The average Bonchev–Trinajstić information content (AvgIpc) is 2.30. The number of amides is 1. The van der Waals surface area contributed by atoms with Crippen LogP contribution in [0.3, 0.4) is 0 Å². The van der Waals surface area contributed by atoms with Gasteiger partial charge in [-0.2, -0.15) is 0 Å². The summed E-state index contributed by atoms with van der Waals surface area (Å²) >= 11 is 5.91. The number of aromatic nitrogens is 1. The first-order chi connectivity index (χ1) is 7.79. The summed E-state index contributed by atoms with van der Waals surface area (Å²) in [5.74, 6) is -0.165. The van der Waals surface area contributed by atoms with E-state index in [0.717, 1.165) is 6.42 Å². The molecule has 0 fully saturated rings. The van der Waals surface area contributed by atoms with E-state index < -0.39 is 0 Å². The number of hydrogen-bond acceptors (Lipinski definition) is 3. The number of anilines is 1. The van der Waals surface area contributed by atoms with E-state index in [1.807, 2.05) is 20.8 Å². The molecule has 0 aliphatic carbocycles. The zero-order chi connectivity index (χ0) is 13.2. The molecule has 0 aromatic carbocycles. The summed E-state index contributed by atoms with van der Waals surface area (Å²) in [7, 11) is 1.76. The van der Waals surface area contributed by atoms with Crippen LogP contribution in [-0.4, -0.2) is 28.4 Å². The van der Waals surface area contributed by atoms with Gasteiger partial charge >= 0.3 is 0 Å². The van der Waals surface area contributed by atoms with Crippen molar-refractivity contribution in [2.45, 2.75) is 32.7 Å². The maximum Gasteiger partial charge on any atom is 0.257 e. The molecule has 5 heteroatoms. The molecule has 0 radical (unpaired) electrons. The van der Waals surface area contributed by atoms with Crippen LogP contribution in [0.2, 0.25) is 5.15 Å². The van der Waals surface area contributed by atoms with Gasteiger partial charge in [-0.05, 0) is 26.3 Å². The Morgan fingerprint density at radius 2 is 2.18 bits per heavy atom. The molecule has 0 bridgehead atoms. The number of pyridine rings is 1. The monoisotopic (exact) mass is 255 g/mol. The van der Waals surface area contributed by atoms with Gasteiger partial charge in [0, 0.05) is 12.6 Å². The molecule has 1 aromatic rings. The first kappa shape index (κ1) is 13.8. The minimum atomic E-state index is -0.231. The molecule has 0 aliphatic rings. The second-order valence-corrected chi connectivity index (χ2v) is 5.00. The fourth-order valence-electron chi connectivity index (χ4n) is 1.31. The third kappa shape index (κ3) is 2.88. The van der Waals surface area contributed by atoms with Gasteiger partial charge in [-0.3, -0.25) is 4.79 Å². The van der Waals surface area contributed by atoms with Gasteiger partial charge in [0.2, 0.25) is 0 Å². The van der Waals surface area contributed by atoms with Crippen molar-refractivity contribution in [1.29, 1.82) is 0 Å². The Bertz CT molecular complexity index is 432. The number of nitrogens with zero attached hydrogens (tertiary/aromatic N) is 2. The number of nitrogen functional groups attached to an aromatic ring is 1. The molecule has 1 rings (SSSR count). The fraction of sp³-hybridized carbons (Fsp3) is 0.500. The summed E-state index contributed by atoms with van der Waals surface area (Å²) in [6.07, 6.45) is 2.28. The van der Waals surface area contributed by atoms with E-state index in [-0.39, 0.29) is 16.6 Å². The van der Waals surface area contributed by atoms with Crippen molar-refractivity contribution < 1.29 is 4.79 Å². The molecule has 0 atom stereocenters. The van der Waals surface area contributed by atoms with Gasteiger partial charge in [0.05, 0.1) is 17.4 Å². The highest BCUT2D eigenvalue weighted by Gasteiger charge is 2.27. The van der Waals surface area contributed by atoms with E-state index in [1.54, 1.807) is 18.0 Å². The Labute approximate surface area is 107 Å². The minimum absolute atomic E-state index is 0.165. The van der Waals surface area contributed by atoms with Gasteiger partial charge < -0.3 is 10.6 Å². The third-order valence-electron chi connectivity index (χ3n) is 3.17. The van der Waals surface area contributed by atoms with Crippen LogP contribution in [0.15, 0.2) is 12.3 Å². The molecule has 17 heavy (non-hydrogen) atoms. The van der Waals surface area contributed by atoms with Crippen molar-refractivity contribution >= 4 is 23.2 Å². The molecule has 0 saturated carbocycles. The van der Waals surface area contributed by atoms with E-state index in [1.165, 1.54) is 6.20 Å². The molecule has 0 saturated heterocycles. The summed E-state index contributed by atoms with van der Waals surface area (Å²) in [4.78, 5) is 17.8. The Kier molecular flexibility index (Phi) is 3.98. The summed E-state index contributed by atoms with van der Waals surface area (Å²) in [5.41, 5.74) is 6.16. The lowest BCUT2D eigenvalue weighted by atomic mass is 9.99. The standard InChI is InChI=1S/C12H18ClN3O/c1-5-12(2,3)16(4)11(17)9-6-8(14)7-15-10(9)13/h6-7H,5,14H2,1-4H3. The number of nitrogens with two attached hydrogens (primary N) is 1. The Balaban J connectivity index is 3.08. The van der Waals surface area contributed by atoms with E-state index >= 15 is 0 Å². The molecule has 4 nitrogen and oxygen atoms in total. The molecule has 0 unspecified atom stereocenters. The van der Waals surface area contributed by atoms with Gasteiger partial charge in [0.1, 0.15) is 5.15 Å². The normalized spacial score (nSPS) is 11.4. The predicted octanol–water partition coefficient (Wildman–Crippen LogP) is 2.58. The van der Waals surface area contributed by atoms with Crippen molar-refractivity contribution in [3.63, 3.8) is 0 Å². The Morgan fingerprint density at radius 3 is 2.71 bits per heavy atom. The maximum absolute atomic E-state index is 12.3.